The Morgan fingerprint density at radius 1 is 0.522 bits per heavy atom. The number of hydrogen-bond acceptors (Lipinski definition) is 2. The molecule has 23 heavy (non-hydrogen) atoms. The highest BCUT2D eigenvalue weighted by molar-refractivity contribution is 6.86. The van der Waals surface area contributed by atoms with Crippen molar-refractivity contribution in [3.05, 3.63) is 0 Å². The zero-order chi connectivity index (χ0) is 18.4. The SMILES string of the molecule is CC[Si](C)(C)O[Si](C)(CC)CCC[Si](C)(CC)O[Si](C)(C)CC. The van der Waals surface area contributed by atoms with E-state index in [1.54, 1.807) is 0 Å². The molecular formula is C17H44O2Si4. The van der Waals surface area contributed by atoms with Crippen molar-refractivity contribution in [1.29, 1.82) is 0 Å². The molecular weight excluding hydrogens is 349 g/mol. The molecule has 0 rings (SSSR count). The Balaban J connectivity index is 4.68. The third-order valence-electron chi connectivity index (χ3n) is 5.66. The van der Waals surface area contributed by atoms with Gasteiger partial charge in [-0.2, -0.15) is 0 Å². The first-order chi connectivity index (χ1) is 10.4. The second kappa shape index (κ2) is 9.48. The molecule has 0 aromatic rings. The highest BCUT2D eigenvalue weighted by Gasteiger charge is 2.37. The largest absolute Gasteiger partial charge is 0.455 e. The quantitative estimate of drug-likeness (QED) is 0.331. The Bertz CT molecular complexity index is 317. The van der Waals surface area contributed by atoms with Gasteiger partial charge in [0.1, 0.15) is 0 Å². The number of rotatable bonds is 12. The Morgan fingerprint density at radius 2 is 0.826 bits per heavy atom. The molecule has 6 heteroatoms. The normalized spacial score (nSPS) is 18.5. The fourth-order valence-corrected chi connectivity index (χ4v) is 19.6. The van der Waals surface area contributed by atoms with Crippen LogP contribution in [0, 0.1) is 0 Å². The van der Waals surface area contributed by atoms with Crippen LogP contribution in [0.1, 0.15) is 34.1 Å². The van der Waals surface area contributed by atoms with E-state index in [4.69, 9.17) is 8.23 Å². The summed E-state index contributed by atoms with van der Waals surface area (Å²) >= 11 is 0. The number of hydrogen-bond donors (Lipinski definition) is 0. The standard InChI is InChI=1S/C17H44O2Si4/c1-11-20(5,6)18-22(9,13-3)16-15-17-23(10,14-4)19-21(7,8)12-2/h11-17H2,1-10H3. The van der Waals surface area contributed by atoms with Crippen molar-refractivity contribution in [2.24, 2.45) is 0 Å². The predicted octanol–water partition coefficient (Wildman–Crippen LogP) is 7.05. The molecule has 0 amide bonds. The van der Waals surface area contributed by atoms with Gasteiger partial charge in [-0.15, -0.1) is 0 Å². The summed E-state index contributed by atoms with van der Waals surface area (Å²) in [5.41, 5.74) is 0. The van der Waals surface area contributed by atoms with Crippen molar-refractivity contribution in [3.63, 3.8) is 0 Å². The molecule has 0 spiro atoms. The van der Waals surface area contributed by atoms with E-state index in [1.807, 2.05) is 0 Å². The average molecular weight is 393 g/mol. The van der Waals surface area contributed by atoms with Crippen LogP contribution in [-0.2, 0) is 8.23 Å². The Hall–Kier alpha value is 0.788. The van der Waals surface area contributed by atoms with Gasteiger partial charge in [0.05, 0.1) is 0 Å². The molecule has 0 heterocycles. The van der Waals surface area contributed by atoms with Gasteiger partial charge in [-0.05, 0) is 75.5 Å². The summed E-state index contributed by atoms with van der Waals surface area (Å²) in [4.78, 5) is 0. The first kappa shape index (κ1) is 23.8. The summed E-state index contributed by atoms with van der Waals surface area (Å²) in [5, 5.41) is 0. The van der Waals surface area contributed by atoms with Gasteiger partial charge in [-0.3, -0.25) is 0 Å². The molecule has 0 aliphatic heterocycles. The van der Waals surface area contributed by atoms with Gasteiger partial charge in [0.25, 0.3) is 0 Å². The molecule has 0 fully saturated rings. The van der Waals surface area contributed by atoms with E-state index >= 15 is 0 Å². The van der Waals surface area contributed by atoms with Gasteiger partial charge in [0, 0.05) is 0 Å². The first-order valence-corrected chi connectivity index (χ1v) is 21.6. The van der Waals surface area contributed by atoms with Crippen molar-refractivity contribution >= 4 is 33.3 Å². The maximum atomic E-state index is 6.76. The topological polar surface area (TPSA) is 18.5 Å². The van der Waals surface area contributed by atoms with Gasteiger partial charge in [0.15, 0.2) is 33.3 Å². The molecule has 2 unspecified atom stereocenters. The van der Waals surface area contributed by atoms with Crippen molar-refractivity contribution in [1.82, 2.24) is 0 Å². The van der Waals surface area contributed by atoms with Crippen molar-refractivity contribution < 1.29 is 8.23 Å². The Morgan fingerprint density at radius 3 is 1.04 bits per heavy atom. The monoisotopic (exact) mass is 392 g/mol. The predicted molar refractivity (Wildman–Crippen MR) is 117 cm³/mol. The molecule has 0 aliphatic carbocycles. The summed E-state index contributed by atoms with van der Waals surface area (Å²) in [5.74, 6) is 0. The summed E-state index contributed by atoms with van der Waals surface area (Å²) in [6.07, 6.45) is 1.31. The van der Waals surface area contributed by atoms with E-state index < -0.39 is 33.3 Å². The maximum absolute atomic E-state index is 6.76. The van der Waals surface area contributed by atoms with Crippen molar-refractivity contribution in [2.45, 2.75) is 110 Å². The van der Waals surface area contributed by atoms with Crippen LogP contribution in [0.3, 0.4) is 0 Å². The van der Waals surface area contributed by atoms with Gasteiger partial charge < -0.3 is 8.23 Å². The molecule has 0 aromatic heterocycles. The third-order valence-corrected chi connectivity index (χ3v) is 23.2. The second-order valence-corrected chi connectivity index (χ2v) is 27.2. The van der Waals surface area contributed by atoms with Crippen LogP contribution in [-0.4, -0.2) is 33.3 Å². The van der Waals surface area contributed by atoms with Crippen LogP contribution < -0.4 is 0 Å². The lowest BCUT2D eigenvalue weighted by Gasteiger charge is -2.38. The minimum absolute atomic E-state index is 1.23. The minimum Gasteiger partial charge on any atom is -0.455 e. The zero-order valence-electron chi connectivity index (χ0n) is 17.8. The van der Waals surface area contributed by atoms with Crippen LogP contribution in [0.2, 0.25) is 75.5 Å². The lowest BCUT2D eigenvalue weighted by Crippen LogP contribution is -2.47. The summed E-state index contributed by atoms with van der Waals surface area (Å²) in [6.45, 7) is 23.7. The highest BCUT2D eigenvalue weighted by atomic mass is 28.4. The first-order valence-electron chi connectivity index (χ1n) is 9.77. The molecule has 0 N–H and O–H groups in total. The molecule has 0 aliphatic rings. The molecule has 2 nitrogen and oxygen atoms in total. The molecule has 0 bridgehead atoms. The summed E-state index contributed by atoms with van der Waals surface area (Å²) in [6, 6.07) is 7.61. The van der Waals surface area contributed by atoms with E-state index in [1.165, 1.54) is 42.7 Å². The maximum Gasteiger partial charge on any atom is 0.176 e. The molecule has 0 aromatic carbocycles. The smallest absolute Gasteiger partial charge is 0.176 e. The van der Waals surface area contributed by atoms with Crippen molar-refractivity contribution in [2.75, 3.05) is 0 Å². The molecule has 140 valence electrons. The van der Waals surface area contributed by atoms with Gasteiger partial charge in [-0.25, -0.2) is 0 Å². The van der Waals surface area contributed by atoms with E-state index in [0.717, 1.165) is 0 Å². The second-order valence-electron chi connectivity index (χ2n) is 8.89. The summed E-state index contributed by atoms with van der Waals surface area (Å²) < 4.78 is 13.5. The fraction of sp³-hybridized carbons (Fsp3) is 1.00. The van der Waals surface area contributed by atoms with Gasteiger partial charge >= 0.3 is 0 Å². The molecule has 2 atom stereocenters. The van der Waals surface area contributed by atoms with Crippen LogP contribution >= 0.6 is 0 Å². The van der Waals surface area contributed by atoms with Crippen LogP contribution in [0.4, 0.5) is 0 Å². The Labute approximate surface area is 151 Å². The van der Waals surface area contributed by atoms with E-state index in [-0.39, 0.29) is 0 Å². The van der Waals surface area contributed by atoms with Crippen molar-refractivity contribution in [3.8, 4) is 0 Å². The third kappa shape index (κ3) is 9.16. The summed E-state index contributed by atoms with van der Waals surface area (Å²) in [7, 11) is -5.91. The van der Waals surface area contributed by atoms with Gasteiger partial charge in [0.2, 0.25) is 0 Å². The highest BCUT2D eigenvalue weighted by Crippen LogP contribution is 2.31. The fourth-order valence-electron chi connectivity index (χ4n) is 2.91. The van der Waals surface area contributed by atoms with Crippen LogP contribution in [0.25, 0.3) is 0 Å². The minimum atomic E-state index is -1.52. The van der Waals surface area contributed by atoms with E-state index in [2.05, 4.69) is 67.0 Å². The Kier molecular flexibility index (Phi) is 9.80. The van der Waals surface area contributed by atoms with Gasteiger partial charge in [-0.1, -0.05) is 34.1 Å². The van der Waals surface area contributed by atoms with Crippen LogP contribution in [0.5, 0.6) is 0 Å². The lowest BCUT2D eigenvalue weighted by atomic mass is 10.6. The average Bonchev–Trinajstić information content (AvgIpc) is 2.46. The lowest BCUT2D eigenvalue weighted by molar-refractivity contribution is 0.518. The molecule has 0 radical (unpaired) electrons. The zero-order valence-corrected chi connectivity index (χ0v) is 21.8. The molecule has 0 saturated carbocycles. The van der Waals surface area contributed by atoms with Crippen LogP contribution in [0.15, 0.2) is 0 Å². The molecule has 0 saturated heterocycles. The van der Waals surface area contributed by atoms with E-state index in [9.17, 15) is 0 Å². The van der Waals surface area contributed by atoms with E-state index in [0.29, 0.717) is 0 Å².